The number of hydrogen-bond acceptors (Lipinski definition) is 3. The predicted molar refractivity (Wildman–Crippen MR) is 67.0 cm³/mol. The Morgan fingerprint density at radius 1 is 1.41 bits per heavy atom. The van der Waals surface area contributed by atoms with Gasteiger partial charge in [0.25, 0.3) is 0 Å². The summed E-state index contributed by atoms with van der Waals surface area (Å²) in [6, 6.07) is 4.15. The normalized spacial score (nSPS) is 21.4. The molecule has 2 aromatic heterocycles. The van der Waals surface area contributed by atoms with E-state index < -0.39 is 0 Å². The van der Waals surface area contributed by atoms with Crippen LogP contribution in [-0.2, 0) is 6.42 Å². The van der Waals surface area contributed by atoms with Gasteiger partial charge in [-0.25, -0.2) is 0 Å². The zero-order chi connectivity index (χ0) is 11.8. The molecule has 90 valence electrons. The van der Waals surface area contributed by atoms with E-state index in [0.29, 0.717) is 0 Å². The Bertz CT molecular complexity index is 531. The molecule has 0 radical (unpaired) electrons. The number of rotatable bonds is 2. The number of fused-ring (bicyclic) bond motifs is 1. The summed E-state index contributed by atoms with van der Waals surface area (Å²) in [7, 11) is 2.19. The summed E-state index contributed by atoms with van der Waals surface area (Å²) in [6.45, 7) is 4.47. The van der Waals surface area contributed by atoms with Crippen molar-refractivity contribution >= 4 is 5.65 Å². The molecule has 1 aliphatic heterocycles. The van der Waals surface area contributed by atoms with Crippen molar-refractivity contribution in [2.24, 2.45) is 5.92 Å². The van der Waals surface area contributed by atoms with Crippen LogP contribution >= 0.6 is 0 Å². The lowest BCUT2D eigenvalue weighted by Gasteiger charge is -2.09. The summed E-state index contributed by atoms with van der Waals surface area (Å²) >= 11 is 0. The van der Waals surface area contributed by atoms with E-state index in [0.717, 1.165) is 23.8 Å². The number of aromatic nitrogens is 3. The zero-order valence-corrected chi connectivity index (χ0v) is 10.4. The molecule has 3 rings (SSSR count). The summed E-state index contributed by atoms with van der Waals surface area (Å²) in [5.74, 6) is 1.83. The summed E-state index contributed by atoms with van der Waals surface area (Å²) in [5, 5.41) is 8.62. The molecule has 1 atom stereocenters. The van der Waals surface area contributed by atoms with Crippen LogP contribution in [0.4, 0.5) is 0 Å². The van der Waals surface area contributed by atoms with Crippen LogP contribution in [0.25, 0.3) is 5.65 Å². The van der Waals surface area contributed by atoms with E-state index in [1.165, 1.54) is 25.1 Å². The van der Waals surface area contributed by atoms with Gasteiger partial charge in [-0.05, 0) is 44.5 Å². The molecule has 1 unspecified atom stereocenters. The smallest absolute Gasteiger partial charge is 0.163 e. The molecule has 1 aliphatic rings. The average Bonchev–Trinajstić information content (AvgIpc) is 2.88. The highest BCUT2D eigenvalue weighted by molar-refractivity contribution is 5.46. The predicted octanol–water partition coefficient (Wildman–Crippen LogP) is 1.53. The van der Waals surface area contributed by atoms with Crippen molar-refractivity contribution in [2.75, 3.05) is 20.1 Å². The van der Waals surface area contributed by atoms with Crippen LogP contribution in [0.5, 0.6) is 0 Å². The van der Waals surface area contributed by atoms with Crippen molar-refractivity contribution in [1.29, 1.82) is 0 Å². The standard InChI is InChI=1S/C13H18N4/c1-10-4-3-6-17-12(14-15-13(10)17)8-11-5-7-16(2)9-11/h3-4,6,11H,5,7-9H2,1-2H3. The van der Waals surface area contributed by atoms with Crippen LogP contribution in [-0.4, -0.2) is 39.6 Å². The van der Waals surface area contributed by atoms with Crippen LogP contribution in [0.1, 0.15) is 17.8 Å². The van der Waals surface area contributed by atoms with Crippen molar-refractivity contribution in [2.45, 2.75) is 19.8 Å². The fourth-order valence-corrected chi connectivity index (χ4v) is 2.69. The van der Waals surface area contributed by atoms with Gasteiger partial charge in [-0.3, -0.25) is 4.40 Å². The Morgan fingerprint density at radius 3 is 3.06 bits per heavy atom. The van der Waals surface area contributed by atoms with Gasteiger partial charge in [0.15, 0.2) is 5.65 Å². The molecular formula is C13H18N4. The van der Waals surface area contributed by atoms with Gasteiger partial charge in [0.05, 0.1) is 0 Å². The number of pyridine rings is 1. The minimum Gasteiger partial charge on any atom is -0.306 e. The molecule has 0 spiro atoms. The topological polar surface area (TPSA) is 33.4 Å². The number of aryl methyl sites for hydroxylation is 1. The molecule has 0 amide bonds. The first-order valence-electron chi connectivity index (χ1n) is 6.22. The second kappa shape index (κ2) is 4.11. The van der Waals surface area contributed by atoms with Gasteiger partial charge in [0, 0.05) is 19.2 Å². The summed E-state index contributed by atoms with van der Waals surface area (Å²) in [5.41, 5.74) is 2.18. The van der Waals surface area contributed by atoms with Gasteiger partial charge in [0.1, 0.15) is 5.82 Å². The van der Waals surface area contributed by atoms with E-state index in [2.05, 4.69) is 51.8 Å². The van der Waals surface area contributed by atoms with Crippen LogP contribution in [0.2, 0.25) is 0 Å². The Balaban J connectivity index is 1.88. The van der Waals surface area contributed by atoms with Crippen LogP contribution < -0.4 is 0 Å². The van der Waals surface area contributed by atoms with Gasteiger partial charge < -0.3 is 4.90 Å². The second-order valence-corrected chi connectivity index (χ2v) is 5.12. The average molecular weight is 230 g/mol. The molecule has 0 N–H and O–H groups in total. The molecular weight excluding hydrogens is 212 g/mol. The molecule has 0 bridgehead atoms. The number of likely N-dealkylation sites (tertiary alicyclic amines) is 1. The lowest BCUT2D eigenvalue weighted by Crippen LogP contribution is -2.15. The van der Waals surface area contributed by atoms with Crippen LogP contribution in [0, 0.1) is 12.8 Å². The minimum absolute atomic E-state index is 0.730. The maximum atomic E-state index is 4.34. The Hall–Kier alpha value is -1.42. The first kappa shape index (κ1) is 10.7. The number of nitrogens with zero attached hydrogens (tertiary/aromatic N) is 4. The van der Waals surface area contributed by atoms with Gasteiger partial charge >= 0.3 is 0 Å². The van der Waals surface area contributed by atoms with Crippen molar-refractivity contribution in [1.82, 2.24) is 19.5 Å². The van der Waals surface area contributed by atoms with Crippen LogP contribution in [0.15, 0.2) is 18.3 Å². The Labute approximate surface area is 101 Å². The molecule has 4 nitrogen and oxygen atoms in total. The lowest BCUT2D eigenvalue weighted by molar-refractivity contribution is 0.392. The highest BCUT2D eigenvalue weighted by atomic mass is 15.2. The maximum absolute atomic E-state index is 4.34. The van der Waals surface area contributed by atoms with E-state index in [9.17, 15) is 0 Å². The molecule has 0 aromatic carbocycles. The van der Waals surface area contributed by atoms with Crippen molar-refractivity contribution in [3.63, 3.8) is 0 Å². The van der Waals surface area contributed by atoms with Crippen molar-refractivity contribution in [3.05, 3.63) is 29.7 Å². The van der Waals surface area contributed by atoms with E-state index in [1.807, 2.05) is 0 Å². The SMILES string of the molecule is Cc1cccn2c(CC3CCN(C)C3)nnc12. The van der Waals surface area contributed by atoms with Gasteiger partial charge in [-0.2, -0.15) is 0 Å². The van der Waals surface area contributed by atoms with E-state index in [-0.39, 0.29) is 0 Å². The molecule has 0 aliphatic carbocycles. The number of hydrogen-bond donors (Lipinski definition) is 0. The molecule has 4 heteroatoms. The monoisotopic (exact) mass is 230 g/mol. The molecule has 2 aromatic rings. The van der Waals surface area contributed by atoms with Crippen molar-refractivity contribution in [3.8, 4) is 0 Å². The highest BCUT2D eigenvalue weighted by Crippen LogP contribution is 2.19. The quantitative estimate of drug-likeness (QED) is 0.784. The van der Waals surface area contributed by atoms with Crippen LogP contribution in [0.3, 0.4) is 0 Å². The van der Waals surface area contributed by atoms with E-state index >= 15 is 0 Å². The molecule has 1 saturated heterocycles. The van der Waals surface area contributed by atoms with Gasteiger partial charge in [0.2, 0.25) is 0 Å². The largest absolute Gasteiger partial charge is 0.306 e. The van der Waals surface area contributed by atoms with E-state index in [1.54, 1.807) is 0 Å². The molecule has 0 saturated carbocycles. The summed E-state index contributed by atoms with van der Waals surface area (Å²) in [4.78, 5) is 2.39. The lowest BCUT2D eigenvalue weighted by atomic mass is 10.0. The summed E-state index contributed by atoms with van der Waals surface area (Å²) < 4.78 is 2.13. The molecule has 1 fully saturated rings. The van der Waals surface area contributed by atoms with Gasteiger partial charge in [-0.15, -0.1) is 10.2 Å². The molecule has 17 heavy (non-hydrogen) atoms. The van der Waals surface area contributed by atoms with Gasteiger partial charge in [-0.1, -0.05) is 6.07 Å². The third-order valence-electron chi connectivity index (χ3n) is 3.66. The van der Waals surface area contributed by atoms with E-state index in [4.69, 9.17) is 0 Å². The van der Waals surface area contributed by atoms with Crippen molar-refractivity contribution < 1.29 is 0 Å². The first-order chi connectivity index (χ1) is 8.24. The third-order valence-corrected chi connectivity index (χ3v) is 3.66. The third kappa shape index (κ3) is 1.93. The second-order valence-electron chi connectivity index (χ2n) is 5.12. The fraction of sp³-hybridized carbons (Fsp3) is 0.538. The fourth-order valence-electron chi connectivity index (χ4n) is 2.69. The first-order valence-corrected chi connectivity index (χ1v) is 6.22. The Morgan fingerprint density at radius 2 is 2.29 bits per heavy atom. The maximum Gasteiger partial charge on any atom is 0.163 e. The zero-order valence-electron chi connectivity index (χ0n) is 10.4. The minimum atomic E-state index is 0.730. The molecule has 3 heterocycles. The summed E-state index contributed by atoms with van der Waals surface area (Å²) in [6.07, 6.45) is 4.38. The Kier molecular flexibility index (Phi) is 2.59. The highest BCUT2D eigenvalue weighted by Gasteiger charge is 2.21.